The van der Waals surface area contributed by atoms with Crippen LogP contribution in [0.3, 0.4) is 0 Å². The Labute approximate surface area is 127 Å². The van der Waals surface area contributed by atoms with Crippen LogP contribution in [0.1, 0.15) is 38.3 Å². The zero-order valence-corrected chi connectivity index (χ0v) is 13.5. The molecule has 0 radical (unpaired) electrons. The van der Waals surface area contributed by atoms with Gasteiger partial charge < -0.3 is 15.0 Å². The lowest BCUT2D eigenvalue weighted by molar-refractivity contribution is -0.0680. The van der Waals surface area contributed by atoms with Crippen molar-refractivity contribution >= 4 is 33.3 Å². The van der Waals surface area contributed by atoms with E-state index in [0.717, 1.165) is 34.7 Å². The number of halogens is 1. The number of hydrogen-bond donors (Lipinski definition) is 1. The van der Waals surface area contributed by atoms with E-state index in [9.17, 15) is 0 Å². The van der Waals surface area contributed by atoms with Crippen LogP contribution >= 0.6 is 28.1 Å². The predicted octanol–water partition coefficient (Wildman–Crippen LogP) is 3.59. The Bertz CT molecular complexity index is 536. The summed E-state index contributed by atoms with van der Waals surface area (Å²) in [6.45, 7) is 5.21. The Kier molecular flexibility index (Phi) is 3.21. The maximum atomic E-state index is 6.26. The van der Waals surface area contributed by atoms with Gasteiger partial charge >= 0.3 is 0 Å². The van der Waals surface area contributed by atoms with Gasteiger partial charge in [0.1, 0.15) is 5.75 Å². The molecule has 3 rings (SSSR count). The molecule has 19 heavy (non-hydrogen) atoms. The van der Waals surface area contributed by atoms with E-state index in [4.69, 9.17) is 17.0 Å². The normalized spacial score (nSPS) is 28.5. The van der Waals surface area contributed by atoms with Gasteiger partial charge in [0, 0.05) is 23.0 Å². The van der Waals surface area contributed by atoms with Gasteiger partial charge in [0.25, 0.3) is 0 Å². The summed E-state index contributed by atoms with van der Waals surface area (Å²) in [5.41, 5.74) is 0.856. The van der Waals surface area contributed by atoms with Crippen molar-refractivity contribution in [3.8, 4) is 5.75 Å². The zero-order valence-electron chi connectivity index (χ0n) is 11.1. The minimum atomic E-state index is -0.330. The van der Waals surface area contributed by atoms with Gasteiger partial charge in [0.05, 0.1) is 6.04 Å². The van der Waals surface area contributed by atoms with Gasteiger partial charge in [0.15, 0.2) is 10.8 Å². The van der Waals surface area contributed by atoms with E-state index in [1.807, 2.05) is 12.1 Å². The molecule has 2 heterocycles. The number of nitrogens with one attached hydrogen (secondary N) is 1. The van der Waals surface area contributed by atoms with Crippen LogP contribution in [0.15, 0.2) is 22.7 Å². The number of ether oxygens (including phenoxy) is 1. The average molecular weight is 341 g/mol. The molecule has 0 aromatic heterocycles. The molecule has 2 aliphatic heterocycles. The highest BCUT2D eigenvalue weighted by Gasteiger charge is 2.47. The second-order valence-corrected chi connectivity index (χ2v) is 6.62. The van der Waals surface area contributed by atoms with E-state index in [2.05, 4.69) is 46.1 Å². The molecule has 0 aliphatic carbocycles. The van der Waals surface area contributed by atoms with Crippen molar-refractivity contribution in [1.29, 1.82) is 0 Å². The Morgan fingerprint density at radius 2 is 2.37 bits per heavy atom. The molecule has 1 N–H and O–H groups in total. The lowest BCUT2D eigenvalue weighted by atomic mass is 9.90. The Morgan fingerprint density at radius 1 is 1.58 bits per heavy atom. The van der Waals surface area contributed by atoms with E-state index in [-0.39, 0.29) is 11.8 Å². The molecule has 2 bridgehead atoms. The first kappa shape index (κ1) is 13.2. The largest absolute Gasteiger partial charge is 0.468 e. The third-order valence-electron chi connectivity index (χ3n) is 3.82. The molecule has 1 saturated heterocycles. The van der Waals surface area contributed by atoms with Gasteiger partial charge in [-0.05, 0) is 43.8 Å². The number of hydrogen-bond acceptors (Lipinski definition) is 2. The number of nitrogens with zero attached hydrogens (tertiary/aromatic N) is 1. The fourth-order valence-electron chi connectivity index (χ4n) is 2.95. The first-order valence-electron chi connectivity index (χ1n) is 6.60. The van der Waals surface area contributed by atoms with E-state index < -0.39 is 0 Å². The van der Waals surface area contributed by atoms with Crippen LogP contribution in [-0.2, 0) is 0 Å². The molecule has 1 fully saturated rings. The molecule has 0 amide bonds. The highest BCUT2D eigenvalue weighted by molar-refractivity contribution is 9.10. The van der Waals surface area contributed by atoms with Crippen LogP contribution in [0.4, 0.5) is 0 Å². The summed E-state index contributed by atoms with van der Waals surface area (Å²) in [6.07, 6.45) is 1.97. The van der Waals surface area contributed by atoms with Crippen molar-refractivity contribution in [3.05, 3.63) is 28.2 Å². The van der Waals surface area contributed by atoms with Gasteiger partial charge in [-0.15, -0.1) is 0 Å². The number of benzene rings is 1. The van der Waals surface area contributed by atoms with Crippen molar-refractivity contribution in [2.75, 3.05) is 6.54 Å². The molecule has 2 atom stereocenters. The van der Waals surface area contributed by atoms with E-state index in [0.29, 0.717) is 0 Å². The minimum Gasteiger partial charge on any atom is -0.468 e. The summed E-state index contributed by atoms with van der Waals surface area (Å²) >= 11 is 9.02. The third kappa shape index (κ3) is 2.13. The van der Waals surface area contributed by atoms with E-state index in [1.165, 1.54) is 5.56 Å². The first-order valence-corrected chi connectivity index (χ1v) is 7.80. The van der Waals surface area contributed by atoms with Gasteiger partial charge in [-0.2, -0.15) is 0 Å². The van der Waals surface area contributed by atoms with Crippen molar-refractivity contribution < 1.29 is 4.74 Å². The van der Waals surface area contributed by atoms with Crippen LogP contribution in [0.2, 0.25) is 0 Å². The lowest BCUT2D eigenvalue weighted by Gasteiger charge is -2.52. The standard InChI is InChI=1S/C14H17BrN2OS/c1-3-6-17-13(19)16-11-8-14(17,2)18-12-5-4-9(15)7-10(11)12/h4-5,7,11H,3,6,8H2,1-2H3,(H,16,19). The summed E-state index contributed by atoms with van der Waals surface area (Å²) in [7, 11) is 0. The molecule has 2 aliphatic rings. The van der Waals surface area contributed by atoms with Crippen LogP contribution in [0, 0.1) is 0 Å². The Morgan fingerprint density at radius 3 is 3.11 bits per heavy atom. The average Bonchev–Trinajstić information content (AvgIpc) is 2.35. The second kappa shape index (κ2) is 4.63. The highest BCUT2D eigenvalue weighted by Crippen LogP contribution is 2.44. The monoisotopic (exact) mass is 340 g/mol. The van der Waals surface area contributed by atoms with Gasteiger partial charge in [-0.3, -0.25) is 0 Å². The smallest absolute Gasteiger partial charge is 0.184 e. The fourth-order valence-corrected chi connectivity index (χ4v) is 3.75. The van der Waals surface area contributed by atoms with Crippen LogP contribution in [0.25, 0.3) is 0 Å². The maximum Gasteiger partial charge on any atom is 0.184 e. The summed E-state index contributed by atoms with van der Waals surface area (Å²) in [5.74, 6) is 0.957. The fraction of sp³-hybridized carbons (Fsp3) is 0.500. The quantitative estimate of drug-likeness (QED) is 0.831. The molecule has 2 unspecified atom stereocenters. The molecular weight excluding hydrogens is 324 g/mol. The van der Waals surface area contributed by atoms with Crippen molar-refractivity contribution in [2.24, 2.45) is 0 Å². The summed E-state index contributed by atoms with van der Waals surface area (Å²) in [4.78, 5) is 2.17. The van der Waals surface area contributed by atoms with Crippen molar-refractivity contribution in [2.45, 2.75) is 38.5 Å². The molecule has 0 saturated carbocycles. The van der Waals surface area contributed by atoms with Crippen LogP contribution in [0.5, 0.6) is 5.75 Å². The number of thiocarbonyl (C=S) groups is 1. The third-order valence-corrected chi connectivity index (χ3v) is 4.65. The van der Waals surface area contributed by atoms with E-state index in [1.54, 1.807) is 0 Å². The van der Waals surface area contributed by atoms with E-state index >= 15 is 0 Å². The van der Waals surface area contributed by atoms with Crippen molar-refractivity contribution in [1.82, 2.24) is 10.2 Å². The number of fused-ring (bicyclic) bond motifs is 4. The van der Waals surface area contributed by atoms with Gasteiger partial charge in [-0.1, -0.05) is 22.9 Å². The first-order chi connectivity index (χ1) is 9.03. The van der Waals surface area contributed by atoms with Crippen LogP contribution in [-0.4, -0.2) is 22.3 Å². The van der Waals surface area contributed by atoms with Crippen molar-refractivity contribution in [3.63, 3.8) is 0 Å². The molecule has 0 spiro atoms. The minimum absolute atomic E-state index is 0.242. The molecule has 5 heteroatoms. The molecule has 1 aromatic rings. The zero-order chi connectivity index (χ0) is 13.6. The highest BCUT2D eigenvalue weighted by atomic mass is 79.9. The summed E-state index contributed by atoms with van der Waals surface area (Å²) in [6, 6.07) is 6.41. The summed E-state index contributed by atoms with van der Waals surface area (Å²) < 4.78 is 7.33. The van der Waals surface area contributed by atoms with Crippen LogP contribution < -0.4 is 10.1 Å². The summed E-state index contributed by atoms with van der Waals surface area (Å²) in [5, 5.41) is 4.25. The van der Waals surface area contributed by atoms with Gasteiger partial charge in [-0.25, -0.2) is 0 Å². The lowest BCUT2D eigenvalue weighted by Crippen LogP contribution is -2.64. The molecular formula is C14H17BrN2OS. The second-order valence-electron chi connectivity index (χ2n) is 5.32. The predicted molar refractivity (Wildman–Crippen MR) is 83.3 cm³/mol. The number of rotatable bonds is 2. The Balaban J connectivity index is 2.03. The van der Waals surface area contributed by atoms with Gasteiger partial charge in [0.2, 0.25) is 0 Å². The topological polar surface area (TPSA) is 24.5 Å². The molecule has 1 aromatic carbocycles. The molecule has 3 nitrogen and oxygen atoms in total. The SMILES string of the molecule is CCCN1C(=S)NC2CC1(C)Oc1ccc(Br)cc12. The molecule has 102 valence electrons. The Hall–Kier alpha value is -0.810. The maximum absolute atomic E-state index is 6.26.